The number of primary amides is 1. The number of carbonyl (C=O) groups excluding carboxylic acids is 3. The molecule has 8 heteroatoms. The number of rotatable bonds is 9. The maximum Gasteiger partial charge on any atom is 0.306 e. The second-order valence-corrected chi connectivity index (χ2v) is 6.45. The summed E-state index contributed by atoms with van der Waals surface area (Å²) >= 11 is 1.24. The molecule has 0 fully saturated rings. The van der Waals surface area contributed by atoms with Gasteiger partial charge in [0.1, 0.15) is 5.00 Å². The molecule has 0 aliphatic rings. The van der Waals surface area contributed by atoms with Crippen LogP contribution in [0.3, 0.4) is 0 Å². The number of nitrogens with zero attached hydrogens (tertiary/aromatic N) is 1. The number of amides is 2. The summed E-state index contributed by atoms with van der Waals surface area (Å²) in [6.45, 7) is 5.31. The standard InChI is InChI=1S/C15H23N3O4S/c1-10(2)8-18(6-4-13(20)22-3)9-12(19)17-15-11(14(16)21)5-7-23-15/h5,7,10H,4,6,8-9H2,1-3H3,(H2,16,21)(H,17,19). The highest BCUT2D eigenvalue weighted by Crippen LogP contribution is 2.22. The third-order valence-electron chi connectivity index (χ3n) is 3.03. The van der Waals surface area contributed by atoms with Crippen LogP contribution in [0.15, 0.2) is 11.4 Å². The number of esters is 1. The fourth-order valence-corrected chi connectivity index (χ4v) is 2.88. The van der Waals surface area contributed by atoms with Crippen LogP contribution in [0.5, 0.6) is 0 Å². The second kappa shape index (κ2) is 9.26. The van der Waals surface area contributed by atoms with Gasteiger partial charge in [0.2, 0.25) is 5.91 Å². The first-order chi connectivity index (χ1) is 10.8. The lowest BCUT2D eigenvalue weighted by molar-refractivity contribution is -0.141. The summed E-state index contributed by atoms with van der Waals surface area (Å²) in [6.07, 6.45) is 0.224. The Balaban J connectivity index is 2.63. The summed E-state index contributed by atoms with van der Waals surface area (Å²) < 4.78 is 4.62. The largest absolute Gasteiger partial charge is 0.469 e. The number of carbonyl (C=O) groups is 3. The second-order valence-electron chi connectivity index (χ2n) is 5.53. The van der Waals surface area contributed by atoms with E-state index in [1.54, 1.807) is 11.4 Å². The highest BCUT2D eigenvalue weighted by molar-refractivity contribution is 7.14. The van der Waals surface area contributed by atoms with E-state index in [2.05, 4.69) is 10.1 Å². The summed E-state index contributed by atoms with van der Waals surface area (Å²) in [5, 5.41) is 4.84. The van der Waals surface area contributed by atoms with Crippen molar-refractivity contribution in [1.29, 1.82) is 0 Å². The zero-order valence-electron chi connectivity index (χ0n) is 13.6. The fourth-order valence-electron chi connectivity index (χ4n) is 2.07. The van der Waals surface area contributed by atoms with Gasteiger partial charge < -0.3 is 15.8 Å². The lowest BCUT2D eigenvalue weighted by atomic mass is 10.2. The number of anilines is 1. The van der Waals surface area contributed by atoms with Gasteiger partial charge in [-0.1, -0.05) is 13.8 Å². The molecule has 2 amide bonds. The first kappa shape index (κ1) is 19.1. The SMILES string of the molecule is COC(=O)CCN(CC(=O)Nc1sccc1C(N)=O)CC(C)C. The van der Waals surface area contributed by atoms with Crippen molar-refractivity contribution in [3.05, 3.63) is 17.0 Å². The van der Waals surface area contributed by atoms with Crippen LogP contribution in [0.1, 0.15) is 30.6 Å². The first-order valence-corrected chi connectivity index (χ1v) is 8.17. The van der Waals surface area contributed by atoms with Crippen molar-refractivity contribution in [1.82, 2.24) is 4.90 Å². The Morgan fingerprint density at radius 1 is 1.39 bits per heavy atom. The van der Waals surface area contributed by atoms with Crippen LogP contribution < -0.4 is 11.1 Å². The monoisotopic (exact) mass is 341 g/mol. The molecule has 23 heavy (non-hydrogen) atoms. The molecule has 1 aromatic rings. The van der Waals surface area contributed by atoms with E-state index >= 15 is 0 Å². The van der Waals surface area contributed by atoms with Crippen molar-refractivity contribution >= 4 is 34.1 Å². The lowest BCUT2D eigenvalue weighted by Crippen LogP contribution is -2.37. The van der Waals surface area contributed by atoms with Crippen molar-refractivity contribution in [2.45, 2.75) is 20.3 Å². The Kier molecular flexibility index (Phi) is 7.70. The van der Waals surface area contributed by atoms with Gasteiger partial charge in [0.15, 0.2) is 0 Å². The Morgan fingerprint density at radius 2 is 2.09 bits per heavy atom. The van der Waals surface area contributed by atoms with Gasteiger partial charge in [-0.25, -0.2) is 0 Å². The van der Waals surface area contributed by atoms with E-state index in [9.17, 15) is 14.4 Å². The highest BCUT2D eigenvalue weighted by Gasteiger charge is 2.17. The number of hydrogen-bond acceptors (Lipinski definition) is 6. The molecule has 0 unspecified atom stereocenters. The predicted molar refractivity (Wildman–Crippen MR) is 89.4 cm³/mol. The number of hydrogen-bond donors (Lipinski definition) is 2. The van der Waals surface area contributed by atoms with Gasteiger partial charge in [-0.05, 0) is 17.4 Å². The average molecular weight is 341 g/mol. The smallest absolute Gasteiger partial charge is 0.306 e. The average Bonchev–Trinajstić information content (AvgIpc) is 2.91. The molecule has 0 aromatic carbocycles. The number of nitrogens with one attached hydrogen (secondary N) is 1. The molecular formula is C15H23N3O4S. The van der Waals surface area contributed by atoms with Crippen LogP contribution in [0.2, 0.25) is 0 Å². The molecule has 0 aliphatic heterocycles. The Morgan fingerprint density at radius 3 is 2.65 bits per heavy atom. The van der Waals surface area contributed by atoms with Crippen molar-refractivity contribution in [3.63, 3.8) is 0 Å². The molecule has 7 nitrogen and oxygen atoms in total. The topological polar surface area (TPSA) is 102 Å². The van der Waals surface area contributed by atoms with Crippen LogP contribution in [0.25, 0.3) is 0 Å². The zero-order chi connectivity index (χ0) is 17.4. The van der Waals surface area contributed by atoms with Gasteiger partial charge in [0.05, 0.1) is 25.6 Å². The van der Waals surface area contributed by atoms with E-state index in [1.807, 2.05) is 18.7 Å². The van der Waals surface area contributed by atoms with E-state index in [0.717, 1.165) is 0 Å². The summed E-state index contributed by atoms with van der Waals surface area (Å²) in [7, 11) is 1.34. The van der Waals surface area contributed by atoms with E-state index in [-0.39, 0.29) is 24.8 Å². The van der Waals surface area contributed by atoms with Crippen LogP contribution in [-0.2, 0) is 14.3 Å². The summed E-state index contributed by atoms with van der Waals surface area (Å²) in [4.78, 5) is 36.6. The summed E-state index contributed by atoms with van der Waals surface area (Å²) in [5.74, 6) is -0.788. The Labute approximate surface area is 139 Å². The molecule has 0 saturated heterocycles. The van der Waals surface area contributed by atoms with E-state index in [0.29, 0.717) is 29.6 Å². The van der Waals surface area contributed by atoms with Crippen molar-refractivity contribution in [2.75, 3.05) is 32.1 Å². The number of methoxy groups -OCH3 is 1. The van der Waals surface area contributed by atoms with E-state index in [1.165, 1.54) is 18.4 Å². The Bertz CT molecular complexity index is 557. The molecule has 0 spiro atoms. The third-order valence-corrected chi connectivity index (χ3v) is 3.86. The first-order valence-electron chi connectivity index (χ1n) is 7.29. The van der Waals surface area contributed by atoms with Crippen molar-refractivity contribution in [3.8, 4) is 0 Å². The molecular weight excluding hydrogens is 318 g/mol. The highest BCUT2D eigenvalue weighted by atomic mass is 32.1. The maximum absolute atomic E-state index is 12.2. The van der Waals surface area contributed by atoms with Gasteiger partial charge in [0.25, 0.3) is 5.91 Å². The molecule has 0 radical (unpaired) electrons. The fraction of sp³-hybridized carbons (Fsp3) is 0.533. The quantitative estimate of drug-likeness (QED) is 0.659. The van der Waals surface area contributed by atoms with Crippen LogP contribution in [0.4, 0.5) is 5.00 Å². The van der Waals surface area contributed by atoms with E-state index < -0.39 is 5.91 Å². The molecule has 0 atom stereocenters. The molecule has 1 aromatic heterocycles. The molecule has 0 saturated carbocycles. The van der Waals surface area contributed by atoms with Crippen molar-refractivity contribution in [2.24, 2.45) is 11.7 Å². The predicted octanol–water partition coefficient (Wildman–Crippen LogP) is 1.31. The van der Waals surface area contributed by atoms with Crippen molar-refractivity contribution < 1.29 is 19.1 Å². The Hall–Kier alpha value is -1.93. The molecule has 0 aliphatic carbocycles. The van der Waals surface area contributed by atoms with Gasteiger partial charge in [-0.2, -0.15) is 0 Å². The minimum Gasteiger partial charge on any atom is -0.469 e. The maximum atomic E-state index is 12.2. The minimum absolute atomic E-state index is 0.130. The molecule has 0 bridgehead atoms. The molecule has 1 rings (SSSR count). The lowest BCUT2D eigenvalue weighted by Gasteiger charge is -2.23. The number of nitrogens with two attached hydrogens (primary N) is 1. The van der Waals surface area contributed by atoms with Gasteiger partial charge in [-0.15, -0.1) is 11.3 Å². The summed E-state index contributed by atoms with van der Waals surface area (Å²) in [5.41, 5.74) is 5.55. The molecule has 128 valence electrons. The number of ether oxygens (including phenoxy) is 1. The molecule has 3 N–H and O–H groups in total. The zero-order valence-corrected chi connectivity index (χ0v) is 14.4. The van der Waals surface area contributed by atoms with Gasteiger partial charge in [0, 0.05) is 13.1 Å². The minimum atomic E-state index is -0.578. The van der Waals surface area contributed by atoms with Crippen LogP contribution in [-0.4, -0.2) is 49.4 Å². The van der Waals surface area contributed by atoms with Crippen LogP contribution >= 0.6 is 11.3 Å². The molecule has 1 heterocycles. The van der Waals surface area contributed by atoms with E-state index in [4.69, 9.17) is 5.73 Å². The summed E-state index contributed by atoms with van der Waals surface area (Å²) in [6, 6.07) is 1.58. The normalized spacial score (nSPS) is 10.8. The van der Waals surface area contributed by atoms with Crippen LogP contribution in [0, 0.1) is 5.92 Å². The van der Waals surface area contributed by atoms with Gasteiger partial charge in [-0.3, -0.25) is 19.3 Å². The third kappa shape index (κ3) is 6.79. The van der Waals surface area contributed by atoms with Gasteiger partial charge >= 0.3 is 5.97 Å². The number of thiophene rings is 1.